The van der Waals surface area contributed by atoms with Crippen LogP contribution in [-0.2, 0) is 33.5 Å². The molecule has 0 fully saturated rings. The summed E-state index contributed by atoms with van der Waals surface area (Å²) in [5.74, 6) is -0.568. The number of nitrogens with zero attached hydrogens (tertiary/aromatic N) is 8. The molecule has 0 radical (unpaired) electrons. The molecule has 1 aliphatic heterocycles. The van der Waals surface area contributed by atoms with Crippen LogP contribution in [0, 0.1) is 0 Å². The van der Waals surface area contributed by atoms with Gasteiger partial charge in [-0.1, -0.05) is 35.7 Å². The highest BCUT2D eigenvalue weighted by Gasteiger charge is 2.33. The predicted molar refractivity (Wildman–Crippen MR) is 134 cm³/mol. The van der Waals surface area contributed by atoms with E-state index < -0.39 is 9.84 Å². The first-order valence-electron chi connectivity index (χ1n) is 10.6. The number of hydrogen-bond acceptors (Lipinski definition) is 12. The predicted octanol–water partition coefficient (Wildman–Crippen LogP) is 1.01. The fourth-order valence-corrected chi connectivity index (χ4v) is 6.59. The molecule has 3 heterocycles. The van der Waals surface area contributed by atoms with Crippen LogP contribution < -0.4 is 10.6 Å². The van der Waals surface area contributed by atoms with Gasteiger partial charge in [-0.15, -0.1) is 10.2 Å². The molecule has 0 saturated carbocycles. The molecule has 4 aromatic rings. The number of carbonyl (C=O) groups excluding carboxylic acids is 2. The fourth-order valence-electron chi connectivity index (χ4n) is 3.55. The summed E-state index contributed by atoms with van der Waals surface area (Å²) in [4.78, 5) is 24.9. The first-order chi connectivity index (χ1) is 17.7. The lowest BCUT2D eigenvalue weighted by molar-refractivity contribution is -0.114. The number of hydrogen-bond donors (Lipinski definition) is 2. The van der Waals surface area contributed by atoms with Crippen LogP contribution in [0.15, 0.2) is 56.5 Å². The average molecular weight is 559 g/mol. The van der Waals surface area contributed by atoms with Gasteiger partial charge in [0.25, 0.3) is 0 Å². The number of fused-ring (bicyclic) bond motifs is 3. The maximum absolute atomic E-state index is 13.3. The first-order valence-corrected chi connectivity index (χ1v) is 14.0. The molecular weight excluding hydrogens is 540 g/mol. The molecule has 0 spiro atoms. The molecule has 0 bridgehead atoms. The zero-order chi connectivity index (χ0) is 26.2. The summed E-state index contributed by atoms with van der Waals surface area (Å²) < 4.78 is 29.5. The monoisotopic (exact) mass is 558 g/mol. The molecule has 2 amide bonds. The van der Waals surface area contributed by atoms with Gasteiger partial charge in [0.05, 0.1) is 21.3 Å². The molecular formula is C20H18N10O4S3. The van der Waals surface area contributed by atoms with Crippen molar-refractivity contribution in [2.45, 2.75) is 20.1 Å². The van der Waals surface area contributed by atoms with E-state index in [0.29, 0.717) is 32.8 Å². The highest BCUT2D eigenvalue weighted by molar-refractivity contribution is 8.00. The standard InChI is InChI=1S/C20H18N10O4S3/c1-29-19(23-25-27-29)35-9-17(31)21-11-3-5-13-14-6-4-12(8-16(14)37(33,34)15(13)7-11)22-18(32)10-36-20-24-26-28-30(20)2/h3-8H,9-10H2,1-2H3,(H,21,31)(H,22,32). The lowest BCUT2D eigenvalue weighted by atomic mass is 10.0. The van der Waals surface area contributed by atoms with Crippen molar-refractivity contribution in [3.05, 3.63) is 36.4 Å². The van der Waals surface area contributed by atoms with Gasteiger partial charge >= 0.3 is 0 Å². The largest absolute Gasteiger partial charge is 0.325 e. The number of rotatable bonds is 8. The van der Waals surface area contributed by atoms with E-state index in [0.717, 1.165) is 23.5 Å². The lowest BCUT2D eigenvalue weighted by Gasteiger charge is -2.07. The smallest absolute Gasteiger partial charge is 0.234 e. The molecule has 0 atom stereocenters. The second-order valence-corrected chi connectivity index (χ2v) is 11.5. The average Bonchev–Trinajstić information content (AvgIpc) is 3.53. The Kier molecular flexibility index (Phi) is 6.65. The maximum Gasteiger partial charge on any atom is 0.234 e. The number of thioether (sulfide) groups is 2. The molecule has 17 heteroatoms. The van der Waals surface area contributed by atoms with Gasteiger partial charge in [0, 0.05) is 36.6 Å². The first kappa shape index (κ1) is 24.8. The fraction of sp³-hybridized carbons (Fsp3) is 0.200. The van der Waals surface area contributed by atoms with Crippen LogP contribution in [0.25, 0.3) is 11.1 Å². The van der Waals surface area contributed by atoms with Crippen LogP contribution in [0.1, 0.15) is 0 Å². The number of carbonyl (C=O) groups is 2. The van der Waals surface area contributed by atoms with E-state index in [1.807, 2.05) is 0 Å². The van der Waals surface area contributed by atoms with Crippen LogP contribution >= 0.6 is 23.5 Å². The van der Waals surface area contributed by atoms with Crippen molar-refractivity contribution in [1.82, 2.24) is 40.4 Å². The van der Waals surface area contributed by atoms with E-state index in [2.05, 4.69) is 41.7 Å². The molecule has 190 valence electrons. The topological polar surface area (TPSA) is 180 Å². The van der Waals surface area contributed by atoms with Gasteiger partial charge in [-0.05, 0) is 45.1 Å². The van der Waals surface area contributed by atoms with Crippen molar-refractivity contribution in [3.8, 4) is 11.1 Å². The molecule has 2 aromatic heterocycles. The SMILES string of the molecule is Cn1nnnc1SCC(=O)Nc1ccc2c(c1)S(=O)(=O)c1cc(NC(=O)CSc3nnnn3C)ccc1-2. The van der Waals surface area contributed by atoms with Crippen LogP contribution in [0.3, 0.4) is 0 Å². The quantitative estimate of drug-likeness (QED) is 0.258. The molecule has 14 nitrogen and oxygen atoms in total. The third-order valence-corrected chi connectivity index (χ3v) is 9.08. The molecule has 37 heavy (non-hydrogen) atoms. The highest BCUT2D eigenvalue weighted by atomic mass is 32.2. The lowest BCUT2D eigenvalue weighted by Crippen LogP contribution is -2.15. The van der Waals surface area contributed by atoms with Gasteiger partial charge in [-0.2, -0.15) is 0 Å². The third kappa shape index (κ3) is 5.05. The van der Waals surface area contributed by atoms with Crippen LogP contribution in [0.2, 0.25) is 0 Å². The van der Waals surface area contributed by atoms with Gasteiger partial charge in [0.1, 0.15) is 0 Å². The minimum absolute atomic E-state index is 0.0484. The number of aryl methyl sites for hydroxylation is 2. The number of anilines is 2. The summed E-state index contributed by atoms with van der Waals surface area (Å²) in [6.07, 6.45) is 0. The zero-order valence-electron chi connectivity index (χ0n) is 19.3. The van der Waals surface area contributed by atoms with E-state index >= 15 is 0 Å². The molecule has 5 rings (SSSR count). The number of sulfone groups is 1. The zero-order valence-corrected chi connectivity index (χ0v) is 21.8. The summed E-state index contributed by atoms with van der Waals surface area (Å²) in [6.45, 7) is 0. The van der Waals surface area contributed by atoms with E-state index in [4.69, 9.17) is 0 Å². The molecule has 1 aliphatic rings. The van der Waals surface area contributed by atoms with Crippen molar-refractivity contribution in [2.75, 3.05) is 22.1 Å². The Bertz CT molecular complexity index is 1520. The van der Waals surface area contributed by atoms with Gasteiger partial charge in [0.2, 0.25) is 32.0 Å². The molecule has 2 aromatic carbocycles. The van der Waals surface area contributed by atoms with Gasteiger partial charge < -0.3 is 10.6 Å². The van der Waals surface area contributed by atoms with E-state index in [1.54, 1.807) is 38.4 Å². The Hall–Kier alpha value is -3.83. The third-order valence-electron chi connectivity index (χ3n) is 5.23. The van der Waals surface area contributed by atoms with Gasteiger partial charge in [-0.25, -0.2) is 17.8 Å². The Morgan fingerprint density at radius 3 is 1.59 bits per heavy atom. The van der Waals surface area contributed by atoms with Crippen molar-refractivity contribution in [3.63, 3.8) is 0 Å². The Labute approximate surface area is 218 Å². The second kappa shape index (κ2) is 9.91. The summed E-state index contributed by atoms with van der Waals surface area (Å²) in [5, 5.41) is 28.4. The number of nitrogens with one attached hydrogen (secondary N) is 2. The Morgan fingerprint density at radius 1 is 0.784 bits per heavy atom. The molecule has 2 N–H and O–H groups in total. The van der Waals surface area contributed by atoms with E-state index in [-0.39, 0.29) is 33.1 Å². The summed E-state index contributed by atoms with van der Waals surface area (Å²) in [7, 11) is -0.534. The molecule has 0 unspecified atom stereocenters. The minimum Gasteiger partial charge on any atom is -0.325 e. The number of benzene rings is 2. The Morgan fingerprint density at radius 2 is 1.22 bits per heavy atom. The summed E-state index contributed by atoms with van der Waals surface area (Å²) in [6, 6.07) is 9.45. The van der Waals surface area contributed by atoms with E-state index in [9.17, 15) is 18.0 Å². The second-order valence-electron chi connectivity index (χ2n) is 7.77. The highest BCUT2D eigenvalue weighted by Crippen LogP contribution is 2.45. The maximum atomic E-state index is 13.3. The van der Waals surface area contributed by atoms with Crippen molar-refractivity contribution in [2.24, 2.45) is 14.1 Å². The summed E-state index contributed by atoms with van der Waals surface area (Å²) >= 11 is 2.31. The number of aromatic nitrogens is 8. The minimum atomic E-state index is -3.86. The van der Waals surface area contributed by atoms with Crippen LogP contribution in [0.4, 0.5) is 11.4 Å². The number of tetrazole rings is 2. The number of amides is 2. The van der Waals surface area contributed by atoms with Crippen molar-refractivity contribution >= 4 is 56.6 Å². The van der Waals surface area contributed by atoms with E-state index in [1.165, 1.54) is 21.5 Å². The van der Waals surface area contributed by atoms with Crippen LogP contribution in [-0.4, -0.2) is 72.2 Å². The van der Waals surface area contributed by atoms with Crippen LogP contribution in [0.5, 0.6) is 0 Å². The van der Waals surface area contributed by atoms with Gasteiger partial charge in [-0.3, -0.25) is 9.59 Å². The van der Waals surface area contributed by atoms with Gasteiger partial charge in [0.15, 0.2) is 0 Å². The normalized spacial score (nSPS) is 13.1. The molecule has 0 aliphatic carbocycles. The molecule has 0 saturated heterocycles. The Balaban J connectivity index is 1.28. The van der Waals surface area contributed by atoms with Crippen molar-refractivity contribution < 1.29 is 18.0 Å². The summed E-state index contributed by atoms with van der Waals surface area (Å²) in [5.41, 5.74) is 1.74. The van der Waals surface area contributed by atoms with Crippen molar-refractivity contribution in [1.29, 1.82) is 0 Å².